The number of cyclic esters (lactones) is 1. The quantitative estimate of drug-likeness (QED) is 0.304. The van der Waals surface area contributed by atoms with E-state index in [4.69, 9.17) is 14.2 Å². The molecule has 2 fully saturated rings. The second-order valence-corrected chi connectivity index (χ2v) is 14.0. The predicted molar refractivity (Wildman–Crippen MR) is 184 cm³/mol. The summed E-state index contributed by atoms with van der Waals surface area (Å²) < 4.78 is 18.4. The maximum Gasteiger partial charge on any atom is 0.313 e. The number of methoxy groups -OCH3 is 1. The monoisotopic (exact) mass is 685 g/mol. The van der Waals surface area contributed by atoms with Gasteiger partial charge in [0.1, 0.15) is 23.7 Å². The largest absolute Gasteiger partial charge is 0.455 e. The van der Waals surface area contributed by atoms with Gasteiger partial charge in [0.2, 0.25) is 17.7 Å². The molecule has 4 aliphatic rings. The fourth-order valence-electron chi connectivity index (χ4n) is 8.01. The first-order valence-corrected chi connectivity index (χ1v) is 17.5. The molecule has 6 rings (SSSR count). The highest BCUT2D eigenvalue weighted by Gasteiger charge is 2.74. The minimum absolute atomic E-state index is 0.0669. The van der Waals surface area contributed by atoms with Gasteiger partial charge in [-0.3, -0.25) is 19.2 Å². The van der Waals surface area contributed by atoms with Crippen LogP contribution in [0.5, 0.6) is 0 Å². The van der Waals surface area contributed by atoms with Crippen LogP contribution in [0.25, 0.3) is 0 Å². The van der Waals surface area contributed by atoms with Crippen LogP contribution in [-0.4, -0.2) is 95.3 Å². The van der Waals surface area contributed by atoms with Gasteiger partial charge in [0.25, 0.3) is 0 Å². The van der Waals surface area contributed by atoms with E-state index in [1.807, 2.05) is 86.7 Å². The number of aliphatic hydroxyl groups excluding tert-OH is 1. The Balaban J connectivity index is 1.46. The standard InChI is InChI=1S/C39H47N3O8/c1-25(2)21-28(23-43)42-35-37(46)41(22-26-13-7-4-8-14-26)20-12-6-11-17-31(44)40-29(24-48-3)34(27-15-9-5-10-16-27)49-38(47)32-30-18-19-39(35,50-30)33(32)36(42)45/h4-10,12-16,18-19,25,28-30,32-35,43H,11,17,20-24H2,1-3H3,(H,40,44)/b12-6-/t28-,29+,30-,32+,33+,34+,35-,39+/m1/s1. The first-order chi connectivity index (χ1) is 24.2. The van der Waals surface area contributed by atoms with Crippen LogP contribution < -0.4 is 5.32 Å². The number of nitrogens with one attached hydrogen (secondary N) is 1. The molecule has 4 heterocycles. The number of amides is 3. The molecular formula is C39H47N3O8. The van der Waals surface area contributed by atoms with Crippen LogP contribution in [0.1, 0.15) is 50.3 Å². The van der Waals surface area contributed by atoms with E-state index < -0.39 is 59.6 Å². The lowest BCUT2D eigenvalue weighted by atomic mass is 9.74. The molecule has 1 spiro atoms. The Kier molecular flexibility index (Phi) is 10.9. The molecule has 11 heteroatoms. The molecule has 266 valence electrons. The summed E-state index contributed by atoms with van der Waals surface area (Å²) in [5.41, 5.74) is 0.105. The van der Waals surface area contributed by atoms with Crippen molar-refractivity contribution in [2.45, 2.75) is 75.6 Å². The molecule has 0 saturated carbocycles. The second kappa shape index (κ2) is 15.3. The zero-order valence-corrected chi connectivity index (χ0v) is 28.9. The van der Waals surface area contributed by atoms with Gasteiger partial charge in [0.05, 0.1) is 37.3 Å². The Morgan fingerprint density at radius 3 is 2.40 bits per heavy atom. The molecule has 3 amide bonds. The summed E-state index contributed by atoms with van der Waals surface area (Å²) in [6.45, 7) is 4.17. The van der Waals surface area contributed by atoms with E-state index in [1.54, 1.807) is 17.1 Å². The summed E-state index contributed by atoms with van der Waals surface area (Å²) in [5.74, 6) is -3.70. The fourth-order valence-corrected chi connectivity index (χ4v) is 8.01. The van der Waals surface area contributed by atoms with Crippen molar-refractivity contribution in [2.75, 3.05) is 26.9 Å². The van der Waals surface area contributed by atoms with Crippen molar-refractivity contribution >= 4 is 23.7 Å². The van der Waals surface area contributed by atoms with Crippen molar-refractivity contribution in [2.24, 2.45) is 17.8 Å². The Labute approximate surface area is 293 Å². The zero-order valence-electron chi connectivity index (χ0n) is 28.9. The van der Waals surface area contributed by atoms with Crippen molar-refractivity contribution < 1.29 is 38.5 Å². The molecule has 11 nitrogen and oxygen atoms in total. The van der Waals surface area contributed by atoms with E-state index >= 15 is 0 Å². The minimum atomic E-state index is -1.44. The number of carbonyl (C=O) groups is 4. The first kappa shape index (κ1) is 35.5. The summed E-state index contributed by atoms with van der Waals surface area (Å²) in [6.07, 6.45) is 6.53. The van der Waals surface area contributed by atoms with Gasteiger partial charge in [0, 0.05) is 26.6 Å². The molecule has 0 aromatic heterocycles. The number of carbonyl (C=O) groups excluding carboxylic acids is 4. The van der Waals surface area contributed by atoms with E-state index in [0.717, 1.165) is 5.56 Å². The van der Waals surface area contributed by atoms with Crippen LogP contribution in [0.4, 0.5) is 0 Å². The molecule has 0 radical (unpaired) electrons. The van der Waals surface area contributed by atoms with Crippen LogP contribution in [0.15, 0.2) is 85.0 Å². The smallest absolute Gasteiger partial charge is 0.313 e. The number of hydrogen-bond donors (Lipinski definition) is 2. The SMILES string of the molecule is COC[C@@H]1NC(=O)CC/C=C\CN(Cc2ccccc2)C(=O)[C@H]2N([C@@H](CO)CC(C)C)C(=O)[C@@H]3[C@@H](C(=O)O[C@H]1c1ccccc1)[C@H]1C=C[C@]32O1. The molecule has 2 N–H and O–H groups in total. The normalized spacial score (nSPS) is 31.1. The van der Waals surface area contributed by atoms with Crippen LogP contribution in [0, 0.1) is 17.8 Å². The second-order valence-electron chi connectivity index (χ2n) is 14.0. The van der Waals surface area contributed by atoms with E-state index in [2.05, 4.69) is 5.32 Å². The number of fused-ring (bicyclic) bond motifs is 2. The molecule has 5 bridgehead atoms. The molecule has 2 aromatic rings. The molecule has 0 aliphatic carbocycles. The van der Waals surface area contributed by atoms with Gasteiger partial charge in [0.15, 0.2) is 0 Å². The third-order valence-electron chi connectivity index (χ3n) is 10.2. The number of hydrogen-bond acceptors (Lipinski definition) is 8. The Hall–Kier alpha value is -4.32. The number of benzene rings is 2. The number of nitrogens with zero attached hydrogens (tertiary/aromatic N) is 2. The average molecular weight is 686 g/mol. The number of rotatable bonds is 9. The topological polar surface area (TPSA) is 135 Å². The third kappa shape index (κ3) is 6.86. The summed E-state index contributed by atoms with van der Waals surface area (Å²) in [7, 11) is 1.51. The molecule has 4 aliphatic heterocycles. The molecular weight excluding hydrogens is 638 g/mol. The highest BCUT2D eigenvalue weighted by molar-refractivity contribution is 5.99. The lowest BCUT2D eigenvalue weighted by Gasteiger charge is -2.39. The number of likely N-dealkylation sites (tertiary alicyclic amines) is 1. The first-order valence-electron chi connectivity index (χ1n) is 17.5. The van der Waals surface area contributed by atoms with Gasteiger partial charge in [-0.2, -0.15) is 0 Å². The van der Waals surface area contributed by atoms with Gasteiger partial charge in [-0.25, -0.2) is 0 Å². The van der Waals surface area contributed by atoms with Crippen molar-refractivity contribution in [3.63, 3.8) is 0 Å². The van der Waals surface area contributed by atoms with Gasteiger partial charge < -0.3 is 34.4 Å². The zero-order chi connectivity index (χ0) is 35.4. The third-order valence-corrected chi connectivity index (χ3v) is 10.2. The Morgan fingerprint density at radius 1 is 1.00 bits per heavy atom. The number of allylic oxidation sites excluding steroid dienone is 1. The van der Waals surface area contributed by atoms with Gasteiger partial charge in [-0.05, 0) is 29.9 Å². The highest BCUT2D eigenvalue weighted by Crippen LogP contribution is 2.56. The van der Waals surface area contributed by atoms with Gasteiger partial charge in [-0.15, -0.1) is 0 Å². The lowest BCUT2D eigenvalue weighted by molar-refractivity contribution is -0.163. The summed E-state index contributed by atoms with van der Waals surface area (Å²) in [4.78, 5) is 60.6. The molecule has 0 unspecified atom stereocenters. The maximum atomic E-state index is 15.0. The van der Waals surface area contributed by atoms with E-state index in [0.29, 0.717) is 18.4 Å². The van der Waals surface area contributed by atoms with Crippen LogP contribution in [0.2, 0.25) is 0 Å². The van der Waals surface area contributed by atoms with E-state index in [9.17, 15) is 24.3 Å². The Bertz CT molecular complexity index is 1600. The number of aliphatic hydroxyl groups is 1. The maximum absolute atomic E-state index is 15.0. The minimum Gasteiger partial charge on any atom is -0.455 e. The van der Waals surface area contributed by atoms with Crippen LogP contribution in [0.3, 0.4) is 0 Å². The molecule has 2 aromatic carbocycles. The predicted octanol–water partition coefficient (Wildman–Crippen LogP) is 3.34. The average Bonchev–Trinajstić information content (AvgIpc) is 3.76. The molecule has 2 saturated heterocycles. The van der Waals surface area contributed by atoms with Crippen molar-refractivity contribution in [3.8, 4) is 0 Å². The molecule has 50 heavy (non-hydrogen) atoms. The van der Waals surface area contributed by atoms with Crippen LogP contribution >= 0.6 is 0 Å². The van der Waals surface area contributed by atoms with E-state index in [-0.39, 0.29) is 50.5 Å². The fraction of sp³-hybridized carbons (Fsp3) is 0.487. The molecule has 8 atom stereocenters. The number of esters is 1. The van der Waals surface area contributed by atoms with Crippen molar-refractivity contribution in [1.29, 1.82) is 0 Å². The summed E-state index contributed by atoms with van der Waals surface area (Å²) in [5, 5.41) is 13.7. The highest BCUT2D eigenvalue weighted by atomic mass is 16.6. The van der Waals surface area contributed by atoms with Gasteiger partial charge in [-0.1, -0.05) is 98.8 Å². The van der Waals surface area contributed by atoms with Crippen molar-refractivity contribution in [1.82, 2.24) is 15.1 Å². The summed E-state index contributed by atoms with van der Waals surface area (Å²) in [6, 6.07) is 16.1. The van der Waals surface area contributed by atoms with Gasteiger partial charge >= 0.3 is 5.97 Å². The van der Waals surface area contributed by atoms with Crippen molar-refractivity contribution in [3.05, 3.63) is 96.1 Å². The summed E-state index contributed by atoms with van der Waals surface area (Å²) >= 11 is 0. The lowest BCUT2D eigenvalue weighted by Crippen LogP contribution is -2.58. The van der Waals surface area contributed by atoms with Crippen LogP contribution in [-0.2, 0) is 39.9 Å². The number of ether oxygens (including phenoxy) is 3. The van der Waals surface area contributed by atoms with E-state index in [1.165, 1.54) is 12.0 Å². The Morgan fingerprint density at radius 2 is 1.72 bits per heavy atom.